The summed E-state index contributed by atoms with van der Waals surface area (Å²) in [5.41, 5.74) is 0.527. The van der Waals surface area contributed by atoms with Crippen LogP contribution in [0.4, 0.5) is 4.79 Å². The van der Waals surface area contributed by atoms with Gasteiger partial charge < -0.3 is 20.5 Å². The normalized spacial score (nSPS) is 22.0. The van der Waals surface area contributed by atoms with E-state index in [-0.39, 0.29) is 18.0 Å². The standard InChI is InChI=1S/C19H28N2O3/c22-17(21-15-19(23)10-12-24-13-11-19)20-14-18(8-4-5-9-18)16-6-2-1-3-7-16/h1-3,6-7,23H,4-5,8-15H2,(H2,20,21,22). The summed E-state index contributed by atoms with van der Waals surface area (Å²) in [5, 5.41) is 16.3. The lowest BCUT2D eigenvalue weighted by Crippen LogP contribution is -2.50. The summed E-state index contributed by atoms with van der Waals surface area (Å²) in [6, 6.07) is 10.3. The van der Waals surface area contributed by atoms with Gasteiger partial charge in [-0.25, -0.2) is 4.79 Å². The number of carbonyl (C=O) groups is 1. The average Bonchev–Trinajstić information content (AvgIpc) is 3.10. The number of ether oxygens (including phenoxy) is 1. The maximum atomic E-state index is 12.2. The van der Waals surface area contributed by atoms with Crippen molar-refractivity contribution in [2.24, 2.45) is 0 Å². The van der Waals surface area contributed by atoms with Crippen molar-refractivity contribution >= 4 is 6.03 Å². The molecule has 5 nitrogen and oxygen atoms in total. The first-order chi connectivity index (χ1) is 11.6. The topological polar surface area (TPSA) is 70.6 Å². The lowest BCUT2D eigenvalue weighted by atomic mass is 9.79. The lowest BCUT2D eigenvalue weighted by Gasteiger charge is -2.33. The van der Waals surface area contributed by atoms with Crippen molar-refractivity contribution in [2.45, 2.75) is 49.5 Å². The fourth-order valence-electron chi connectivity index (χ4n) is 3.90. The number of hydrogen-bond donors (Lipinski definition) is 3. The smallest absolute Gasteiger partial charge is 0.314 e. The monoisotopic (exact) mass is 332 g/mol. The molecule has 1 heterocycles. The van der Waals surface area contributed by atoms with E-state index in [9.17, 15) is 9.90 Å². The Bertz CT molecular complexity index is 535. The molecule has 24 heavy (non-hydrogen) atoms. The first-order valence-corrected chi connectivity index (χ1v) is 8.99. The molecular formula is C19H28N2O3. The first kappa shape index (κ1) is 17.2. The van der Waals surface area contributed by atoms with Crippen LogP contribution in [0.25, 0.3) is 0 Å². The molecule has 2 aliphatic rings. The second-order valence-electron chi connectivity index (χ2n) is 7.23. The second kappa shape index (κ2) is 7.53. The summed E-state index contributed by atoms with van der Waals surface area (Å²) < 4.78 is 5.26. The van der Waals surface area contributed by atoms with E-state index in [1.54, 1.807) is 0 Å². The van der Waals surface area contributed by atoms with Crippen molar-refractivity contribution in [3.05, 3.63) is 35.9 Å². The molecule has 1 aromatic rings. The van der Waals surface area contributed by atoms with E-state index >= 15 is 0 Å². The highest BCUT2D eigenvalue weighted by molar-refractivity contribution is 5.74. The van der Waals surface area contributed by atoms with Crippen LogP contribution in [0, 0.1) is 0 Å². The van der Waals surface area contributed by atoms with Gasteiger partial charge in [-0.1, -0.05) is 43.2 Å². The third-order valence-electron chi connectivity index (χ3n) is 5.54. The summed E-state index contributed by atoms with van der Waals surface area (Å²) in [6.07, 6.45) is 5.77. The maximum Gasteiger partial charge on any atom is 0.314 e. The molecule has 132 valence electrons. The number of rotatable bonds is 5. The van der Waals surface area contributed by atoms with Gasteiger partial charge in [-0.2, -0.15) is 0 Å². The summed E-state index contributed by atoms with van der Waals surface area (Å²) in [7, 11) is 0. The molecule has 0 spiro atoms. The van der Waals surface area contributed by atoms with Gasteiger partial charge in [-0.15, -0.1) is 0 Å². The Morgan fingerprint density at radius 2 is 1.62 bits per heavy atom. The lowest BCUT2D eigenvalue weighted by molar-refractivity contribution is -0.0600. The molecular weight excluding hydrogens is 304 g/mol. The fourth-order valence-corrected chi connectivity index (χ4v) is 3.90. The van der Waals surface area contributed by atoms with Crippen LogP contribution in [-0.2, 0) is 10.2 Å². The molecule has 0 bridgehead atoms. The van der Waals surface area contributed by atoms with Gasteiger partial charge in [0.25, 0.3) is 0 Å². The average molecular weight is 332 g/mol. The Kier molecular flexibility index (Phi) is 5.41. The molecule has 2 amide bonds. The summed E-state index contributed by atoms with van der Waals surface area (Å²) in [6.45, 7) is 2.03. The predicted octanol–water partition coefficient (Wildman–Crippen LogP) is 2.34. The maximum absolute atomic E-state index is 12.2. The Morgan fingerprint density at radius 3 is 2.29 bits per heavy atom. The van der Waals surface area contributed by atoms with Gasteiger partial charge in [0.1, 0.15) is 0 Å². The van der Waals surface area contributed by atoms with Crippen LogP contribution in [0.3, 0.4) is 0 Å². The molecule has 1 saturated carbocycles. The van der Waals surface area contributed by atoms with Gasteiger partial charge in [0.05, 0.1) is 5.60 Å². The minimum absolute atomic E-state index is 0.0498. The number of amides is 2. The molecule has 5 heteroatoms. The predicted molar refractivity (Wildman–Crippen MR) is 93.0 cm³/mol. The van der Waals surface area contributed by atoms with E-state index in [0.717, 1.165) is 12.8 Å². The third kappa shape index (κ3) is 4.08. The highest BCUT2D eigenvalue weighted by Crippen LogP contribution is 2.40. The number of hydrogen-bond acceptors (Lipinski definition) is 3. The SMILES string of the molecule is O=C(NCC1(O)CCOCC1)NCC1(c2ccccc2)CCCC1. The van der Waals surface area contributed by atoms with E-state index < -0.39 is 5.60 Å². The molecule has 2 fully saturated rings. The van der Waals surface area contributed by atoms with Gasteiger partial charge in [-0.3, -0.25) is 0 Å². The highest BCUT2D eigenvalue weighted by atomic mass is 16.5. The van der Waals surface area contributed by atoms with Crippen molar-refractivity contribution in [3.63, 3.8) is 0 Å². The van der Waals surface area contributed by atoms with Gasteiger partial charge in [-0.05, 0) is 18.4 Å². The largest absolute Gasteiger partial charge is 0.388 e. The van der Waals surface area contributed by atoms with E-state index in [1.165, 1.54) is 18.4 Å². The quantitative estimate of drug-likeness (QED) is 0.775. The molecule has 0 atom stereocenters. The third-order valence-corrected chi connectivity index (χ3v) is 5.54. The minimum atomic E-state index is -0.833. The zero-order valence-electron chi connectivity index (χ0n) is 14.2. The van der Waals surface area contributed by atoms with Gasteiger partial charge in [0.15, 0.2) is 0 Å². The van der Waals surface area contributed by atoms with Crippen LogP contribution in [-0.4, -0.2) is 43.0 Å². The van der Waals surface area contributed by atoms with Gasteiger partial charge in [0, 0.05) is 44.6 Å². The molecule has 1 saturated heterocycles. The number of aliphatic hydroxyl groups is 1. The summed E-state index contributed by atoms with van der Waals surface area (Å²) in [4.78, 5) is 12.2. The van der Waals surface area contributed by atoms with Crippen LogP contribution < -0.4 is 10.6 Å². The molecule has 0 radical (unpaired) electrons. The fraction of sp³-hybridized carbons (Fsp3) is 0.632. The Balaban J connectivity index is 1.52. The Labute approximate surface area is 143 Å². The van der Waals surface area contributed by atoms with Gasteiger partial charge in [0.2, 0.25) is 0 Å². The number of carbonyl (C=O) groups excluding carboxylic acids is 1. The highest BCUT2D eigenvalue weighted by Gasteiger charge is 2.36. The van der Waals surface area contributed by atoms with Crippen LogP contribution in [0.5, 0.6) is 0 Å². The Morgan fingerprint density at radius 1 is 1.00 bits per heavy atom. The first-order valence-electron chi connectivity index (χ1n) is 8.99. The van der Waals surface area contributed by atoms with Crippen molar-refractivity contribution in [1.29, 1.82) is 0 Å². The molecule has 3 rings (SSSR count). The van der Waals surface area contributed by atoms with E-state index in [1.807, 2.05) is 6.07 Å². The molecule has 0 unspecified atom stereocenters. The zero-order valence-corrected chi connectivity index (χ0v) is 14.2. The van der Waals surface area contributed by atoms with Crippen LogP contribution >= 0.6 is 0 Å². The van der Waals surface area contributed by atoms with E-state index in [4.69, 9.17) is 4.74 Å². The van der Waals surface area contributed by atoms with Crippen molar-refractivity contribution in [1.82, 2.24) is 10.6 Å². The molecule has 3 N–H and O–H groups in total. The van der Waals surface area contributed by atoms with Crippen LogP contribution in [0.15, 0.2) is 30.3 Å². The number of nitrogens with one attached hydrogen (secondary N) is 2. The molecule has 1 aliphatic carbocycles. The van der Waals surface area contributed by atoms with Crippen molar-refractivity contribution < 1.29 is 14.6 Å². The van der Waals surface area contributed by atoms with Crippen LogP contribution in [0.1, 0.15) is 44.1 Å². The second-order valence-corrected chi connectivity index (χ2v) is 7.23. The molecule has 1 aliphatic heterocycles. The molecule has 1 aromatic carbocycles. The van der Waals surface area contributed by atoms with Crippen molar-refractivity contribution in [2.75, 3.05) is 26.3 Å². The zero-order chi connectivity index (χ0) is 16.9. The van der Waals surface area contributed by atoms with Crippen molar-refractivity contribution in [3.8, 4) is 0 Å². The minimum Gasteiger partial charge on any atom is -0.388 e. The van der Waals surface area contributed by atoms with Gasteiger partial charge >= 0.3 is 6.03 Å². The number of urea groups is 1. The van der Waals surface area contributed by atoms with Crippen LogP contribution in [0.2, 0.25) is 0 Å². The van der Waals surface area contributed by atoms with E-state index in [2.05, 4.69) is 34.9 Å². The summed E-state index contributed by atoms with van der Waals surface area (Å²) >= 11 is 0. The summed E-state index contributed by atoms with van der Waals surface area (Å²) in [5.74, 6) is 0. The molecule has 0 aromatic heterocycles. The number of benzene rings is 1. The van der Waals surface area contributed by atoms with E-state index in [0.29, 0.717) is 32.6 Å². The Hall–Kier alpha value is -1.59.